The molecule has 5 fully saturated rings. The molecule has 15 amide bonds. The number of rotatable bonds is 32. The molecule has 10 atom stereocenters. The van der Waals surface area contributed by atoms with Crippen LogP contribution in [0.3, 0.4) is 0 Å². The summed E-state index contributed by atoms with van der Waals surface area (Å²) in [5, 5.41) is 40.6. The predicted molar refractivity (Wildman–Crippen MR) is 483 cm³/mol. The van der Waals surface area contributed by atoms with E-state index in [0.29, 0.717) is 81.1 Å². The molecule has 43 nitrogen and oxygen atoms in total. The third-order valence-electron chi connectivity index (χ3n) is 20.8. The Labute approximate surface area is 818 Å². The number of amides is 15. The van der Waals surface area contributed by atoms with E-state index in [1.54, 1.807) is 151 Å². The maximum absolute atomic E-state index is 12.9. The molecule has 0 aliphatic carbocycles. The number of thiazole rings is 5. The number of hydrogen-bond acceptors (Lipinski definition) is 32. The van der Waals surface area contributed by atoms with Gasteiger partial charge in [-0.25, -0.2) is 66.9 Å². The van der Waals surface area contributed by atoms with E-state index < -0.39 is 64.0 Å². The average Bonchev–Trinajstić information content (AvgIpc) is 1.61. The summed E-state index contributed by atoms with van der Waals surface area (Å²) in [7, 11) is -3.34. The molecule has 10 N–H and O–H groups in total. The largest absolute Gasteiger partial charge is 1.00 e. The van der Waals surface area contributed by atoms with Crippen LogP contribution < -0.4 is 72.7 Å². The number of fused-ring (bicyclic) bond motifs is 10. The standard InChI is InChI=1S/C21H29N5O5S.C18H25N5O8S2.C14H19N5O2S.C14H17N3O2S.C13H16N4O2S.C2HF3O2.Na/c1-5-9-30-26-14-11-15(18-22-8-10-32-18)16(25(13-14)20(26)29)12-24-17(27)6-7-23-19(28)31-21(2,3)4;1-18(2,3)30-16(25)20-5-4-14(24)21-9-13-12(15-19-6-7-32-15)8-11-10-22(13)17(26)23(11)31-33(27,28)29;1-18-9-6-10(13-16-4-5-22-13)11(19(8-9)14(18)21)7-17-12(20)2-3-15;1-3-6-19-17-10-8-11(13-15-5-7-20-13)12(4-2)16(9-10)14(17)18;1-2-4-19-17-9-6-10(12-15-3-5-20-12)11(7-14)16(8-9)13(17)18;3-2(4,5)1(6)7;/h5,8,10-11,14,16H,1,6-7,9,12-13H2,2-4H3,(H,23,28)(H,24,27);6-8,11,13H,4-5,9-10H2,1-3H3,(H,20,25)(H,21,24)(H,27,28,29);4-6,9,11H,2-3,7-8,15H2,1H3,(H,17,20);3,5,7-8,10,12H,1,4,6,9H2,2H3;2-3,5-6,9,11H,1,4,7-8,14H2;(H,6,7);/q;;;;;;+1/p-1/t14-,16-;11-,13-;9-,11-;10-,12-;9-,11-;;/m11111../s1. The number of likely N-dealkylation sites (N-methyl/N-ethyl adjacent to an activating group) is 1. The number of aliphatic carboxylic acids is 1. The van der Waals surface area contributed by atoms with Crippen molar-refractivity contribution in [1.82, 2.24) is 101 Å². The van der Waals surface area contributed by atoms with Gasteiger partial charge in [-0.2, -0.15) is 37.7 Å². The van der Waals surface area contributed by atoms with Gasteiger partial charge < -0.3 is 91.4 Å². The van der Waals surface area contributed by atoms with Gasteiger partial charge in [0.15, 0.2) is 0 Å². The number of nitrogens with zero attached hydrogens (tertiary/aromatic N) is 15. The van der Waals surface area contributed by atoms with Crippen LogP contribution in [0.1, 0.15) is 99.2 Å². The van der Waals surface area contributed by atoms with Crippen LogP contribution in [-0.4, -0.2) is 337 Å². The molecule has 10 bridgehead atoms. The van der Waals surface area contributed by atoms with Gasteiger partial charge in [-0.1, -0.05) is 31.2 Å². The number of halogens is 3. The van der Waals surface area contributed by atoms with Crippen LogP contribution in [0.5, 0.6) is 0 Å². The van der Waals surface area contributed by atoms with Crippen LogP contribution in [0.25, 0.3) is 27.9 Å². The van der Waals surface area contributed by atoms with Crippen LogP contribution >= 0.6 is 56.7 Å². The van der Waals surface area contributed by atoms with Gasteiger partial charge in [-0.15, -0.1) is 76.4 Å². The zero-order valence-corrected chi connectivity index (χ0v) is 82.3. The van der Waals surface area contributed by atoms with Crippen molar-refractivity contribution < 1.29 is 148 Å². The molecule has 0 saturated carbocycles. The van der Waals surface area contributed by atoms with E-state index in [9.17, 15) is 74.1 Å². The third-order valence-corrected chi connectivity index (χ3v) is 25.2. The quantitative estimate of drug-likeness (QED) is 0.0140. The maximum Gasteiger partial charge on any atom is 1.00 e. The minimum Gasteiger partial charge on any atom is -0.724 e. The fraction of sp³-hybridized carbons (Fsp3) is 0.488. The Morgan fingerprint density at radius 3 is 1.06 bits per heavy atom. The number of nitrogens with one attached hydrogen (secondary N) is 5. The van der Waals surface area contributed by atoms with Crippen molar-refractivity contribution in [2.45, 2.75) is 152 Å². The van der Waals surface area contributed by atoms with Gasteiger partial charge in [-0.3, -0.25) is 28.9 Å². The molecule has 135 heavy (non-hydrogen) atoms. The van der Waals surface area contributed by atoms with Crippen molar-refractivity contribution in [1.29, 1.82) is 0 Å². The summed E-state index contributed by atoms with van der Waals surface area (Å²) < 4.78 is 79.2. The smallest absolute Gasteiger partial charge is 0.724 e. The van der Waals surface area contributed by atoms with Gasteiger partial charge in [0.1, 0.15) is 42.2 Å². The Bertz CT molecular complexity index is 5160. The molecule has 5 aromatic heterocycles. The number of alkyl halides is 3. The number of carbonyl (C=O) groups is 11. The topological polar surface area (TPSA) is 534 Å². The second kappa shape index (κ2) is 48.9. The van der Waals surface area contributed by atoms with Crippen molar-refractivity contribution in [3.05, 3.63) is 151 Å². The summed E-state index contributed by atoms with van der Waals surface area (Å²) >= 11 is 7.49. The van der Waals surface area contributed by atoms with Crippen LogP contribution in [-0.2, 0) is 57.8 Å². The van der Waals surface area contributed by atoms with Crippen molar-refractivity contribution in [3.8, 4) is 0 Å². The summed E-state index contributed by atoms with van der Waals surface area (Å²) in [6.07, 6.45) is 18.2. The van der Waals surface area contributed by atoms with E-state index in [1.165, 1.54) is 42.8 Å². The second-order valence-corrected chi connectivity index (χ2v) is 37.8. The number of hydroxylamine groups is 8. The molecule has 10 aliphatic heterocycles. The number of urea groups is 5. The summed E-state index contributed by atoms with van der Waals surface area (Å²) in [5.41, 5.74) is 12.9. The Hall–Kier alpha value is -10.7. The normalized spacial score (nSPS) is 21.6. The fourth-order valence-corrected chi connectivity index (χ4v) is 19.1. The minimum absolute atomic E-state index is 0. The Balaban J connectivity index is 0.000000188. The number of alkyl carbamates (subject to hydrolysis) is 2. The van der Waals surface area contributed by atoms with E-state index in [-0.39, 0.29) is 172 Å². The molecule has 15 heterocycles. The first-order chi connectivity index (χ1) is 63.6. The Kier molecular flexibility index (Phi) is 39.1. The zero-order valence-electron chi connectivity index (χ0n) is 75.4. The molecule has 53 heteroatoms. The van der Waals surface area contributed by atoms with Gasteiger partial charge in [-0.05, 0) is 72.3 Å². The molecular formula is C82H106F3N22NaO21S6. The van der Waals surface area contributed by atoms with Crippen LogP contribution in [0.2, 0.25) is 0 Å². The molecule has 728 valence electrons. The fourth-order valence-electron chi connectivity index (χ4n) is 15.1. The van der Waals surface area contributed by atoms with Gasteiger partial charge in [0.05, 0.1) is 93.2 Å². The first kappa shape index (κ1) is 108. The number of aromatic nitrogens is 5. The van der Waals surface area contributed by atoms with Gasteiger partial charge in [0.25, 0.3) is 0 Å². The summed E-state index contributed by atoms with van der Waals surface area (Å²) in [6, 6.07) is -3.60. The maximum atomic E-state index is 12.9. The summed E-state index contributed by atoms with van der Waals surface area (Å²) in [5.74, 6) is -3.66. The predicted octanol–water partition coefficient (Wildman–Crippen LogP) is 1.93. The number of carbonyl (C=O) groups excluding carboxylic acids is 11. The third kappa shape index (κ3) is 28.7. The van der Waals surface area contributed by atoms with E-state index in [2.05, 4.69) is 100 Å². The molecular weight excluding hydrogens is 1900 g/mol. The molecule has 0 radical (unpaired) electrons. The van der Waals surface area contributed by atoms with Crippen LogP contribution in [0.15, 0.2) is 126 Å². The van der Waals surface area contributed by atoms with Crippen molar-refractivity contribution in [2.75, 3.05) is 105 Å². The van der Waals surface area contributed by atoms with Gasteiger partial charge >= 0.3 is 78.1 Å². The Morgan fingerprint density at radius 2 is 0.770 bits per heavy atom. The van der Waals surface area contributed by atoms with Crippen LogP contribution in [0.4, 0.5) is 46.7 Å². The van der Waals surface area contributed by atoms with Gasteiger partial charge in [0.2, 0.25) is 28.1 Å². The number of nitrogens with two attached hydrogens (primary N) is 1. The zero-order chi connectivity index (χ0) is 97.7. The van der Waals surface area contributed by atoms with Crippen molar-refractivity contribution in [3.63, 3.8) is 0 Å². The first-order valence-corrected chi connectivity index (χ1v) is 47.7. The van der Waals surface area contributed by atoms with E-state index in [1.807, 2.05) is 50.5 Å². The number of hydrogen-bond donors (Lipinski definition) is 7. The first-order valence-electron chi connectivity index (χ1n) is 42.0. The molecule has 0 unspecified atom stereocenters. The SMILES string of the molecule is C=CCON1C(=O)N2C[C@H]1C=C(c1nccs1)[C@H]2CC.C=CCON1C(=O)N2C[C@H]1C=C(c1nccs1)[C@H]2CN.C=CCON1C(=O)N2C[C@H]1C=C(c1nccs1)[C@H]2CNC(=O)CCNC(=O)OC(C)(C)C.CC(C)(C)OC(=O)NCCC(=O)NC[C@@H]1C(c2nccs2)=C[C@@H]2CN1C(=O)N2OS(=O)(=O)[O-].CN1C(=O)N2C[C@H]1C=C(c1nccs1)[C@H]2CNC(=O)CC[NH3+].O=C([O-])C(F)(F)F.[Na+]. The average molecular weight is 2010 g/mol. The van der Waals surface area contributed by atoms with Crippen molar-refractivity contribution in [2.24, 2.45) is 5.73 Å². The molecule has 5 saturated heterocycles. The minimum atomic E-state index is -5.19. The molecule has 0 spiro atoms. The number of carboxylic acid groups (broad SMARTS) is 1. The Morgan fingerprint density at radius 1 is 0.489 bits per heavy atom. The molecule has 15 rings (SSSR count). The number of quaternary nitrogens is 1. The number of ether oxygens (including phenoxy) is 2. The van der Waals surface area contributed by atoms with Crippen molar-refractivity contribution >= 4 is 161 Å². The van der Waals surface area contributed by atoms with E-state index in [0.717, 1.165) is 48.7 Å². The molecule has 0 aromatic carbocycles. The van der Waals surface area contributed by atoms with E-state index in [4.69, 9.17) is 39.6 Å². The molecule has 10 aliphatic rings. The van der Waals surface area contributed by atoms with Crippen LogP contribution in [0, 0.1) is 0 Å². The number of carboxylic acids is 1. The van der Waals surface area contributed by atoms with E-state index >= 15 is 0 Å². The monoisotopic (exact) mass is 2010 g/mol. The van der Waals surface area contributed by atoms with Gasteiger partial charge in [0, 0.05) is 178 Å². The summed E-state index contributed by atoms with van der Waals surface area (Å²) in [4.78, 5) is 180. The summed E-state index contributed by atoms with van der Waals surface area (Å²) in [6.45, 7) is 28.6. The molecule has 5 aromatic rings. The second-order valence-electron chi connectivity index (χ2n) is 32.3.